The summed E-state index contributed by atoms with van der Waals surface area (Å²) in [5, 5.41) is 0.756. The third kappa shape index (κ3) is 2.85. The molecular formula is C15H20BrClN2. The number of hydrogen-bond acceptors (Lipinski definition) is 2. The Bertz CT molecular complexity index is 465. The molecule has 3 rings (SSSR count). The summed E-state index contributed by atoms with van der Waals surface area (Å²) >= 11 is 9.60. The average molecular weight is 344 g/mol. The van der Waals surface area contributed by atoms with E-state index in [9.17, 15) is 0 Å². The summed E-state index contributed by atoms with van der Waals surface area (Å²) in [6.07, 6.45) is 6.86. The molecule has 2 nitrogen and oxygen atoms in total. The van der Waals surface area contributed by atoms with Crippen LogP contribution in [0.4, 0.5) is 0 Å². The topological polar surface area (TPSA) is 38.0 Å². The Balaban J connectivity index is 1.73. The van der Waals surface area contributed by atoms with Gasteiger partial charge in [-0.2, -0.15) is 0 Å². The second-order valence-electron chi connectivity index (χ2n) is 6.06. The predicted molar refractivity (Wildman–Crippen MR) is 82.8 cm³/mol. The first kappa shape index (κ1) is 13.9. The van der Waals surface area contributed by atoms with Gasteiger partial charge in [-0.15, -0.1) is 0 Å². The number of nitrogens with two attached hydrogens (primary N) is 1. The van der Waals surface area contributed by atoms with Crippen LogP contribution >= 0.6 is 27.5 Å². The molecule has 4 atom stereocenters. The van der Waals surface area contributed by atoms with Crippen molar-refractivity contribution in [3.63, 3.8) is 0 Å². The maximum absolute atomic E-state index is 6.00. The Labute approximate surface area is 128 Å². The molecule has 1 aromatic carbocycles. The van der Waals surface area contributed by atoms with Crippen LogP contribution in [0.3, 0.4) is 0 Å². The van der Waals surface area contributed by atoms with Crippen LogP contribution in [-0.2, 0) is 0 Å². The molecule has 0 saturated heterocycles. The highest BCUT2D eigenvalue weighted by Gasteiger charge is 2.40. The van der Waals surface area contributed by atoms with Crippen LogP contribution in [0.5, 0.6) is 0 Å². The van der Waals surface area contributed by atoms with Gasteiger partial charge in [0.2, 0.25) is 0 Å². The van der Waals surface area contributed by atoms with E-state index < -0.39 is 0 Å². The lowest BCUT2D eigenvalue weighted by Gasteiger charge is -2.27. The minimum Gasteiger partial charge on any atom is -0.271 e. The quantitative estimate of drug-likeness (QED) is 0.627. The Hall–Kier alpha value is -0.0900. The van der Waals surface area contributed by atoms with E-state index >= 15 is 0 Å². The van der Waals surface area contributed by atoms with Gasteiger partial charge in [0.1, 0.15) is 0 Å². The molecular weight excluding hydrogens is 324 g/mol. The average Bonchev–Trinajstić information content (AvgIpc) is 2.99. The fraction of sp³-hybridized carbons (Fsp3) is 0.600. The molecule has 0 heterocycles. The van der Waals surface area contributed by atoms with Crippen LogP contribution in [0, 0.1) is 17.8 Å². The lowest BCUT2D eigenvalue weighted by Crippen LogP contribution is -2.31. The lowest BCUT2D eigenvalue weighted by molar-refractivity contribution is 0.280. The van der Waals surface area contributed by atoms with E-state index in [1.807, 2.05) is 12.1 Å². The van der Waals surface area contributed by atoms with Gasteiger partial charge in [0, 0.05) is 15.5 Å². The van der Waals surface area contributed by atoms with Gasteiger partial charge >= 0.3 is 0 Å². The van der Waals surface area contributed by atoms with Gasteiger partial charge in [0.15, 0.2) is 0 Å². The normalized spacial score (nSPS) is 30.8. The molecule has 104 valence electrons. The zero-order valence-corrected chi connectivity index (χ0v) is 13.3. The van der Waals surface area contributed by atoms with E-state index in [1.54, 1.807) is 0 Å². The summed E-state index contributed by atoms with van der Waals surface area (Å²) in [7, 11) is 0. The molecule has 0 aliphatic heterocycles. The second-order valence-corrected chi connectivity index (χ2v) is 7.35. The van der Waals surface area contributed by atoms with Gasteiger partial charge in [-0.3, -0.25) is 11.3 Å². The Morgan fingerprint density at radius 2 is 2.21 bits per heavy atom. The van der Waals surface area contributed by atoms with Gasteiger partial charge in [-0.05, 0) is 61.1 Å². The zero-order chi connectivity index (χ0) is 13.4. The van der Waals surface area contributed by atoms with Crippen molar-refractivity contribution in [1.29, 1.82) is 0 Å². The number of benzene rings is 1. The van der Waals surface area contributed by atoms with Crippen molar-refractivity contribution >= 4 is 27.5 Å². The van der Waals surface area contributed by atoms with Crippen molar-refractivity contribution < 1.29 is 0 Å². The van der Waals surface area contributed by atoms with Crippen molar-refractivity contribution in [2.75, 3.05) is 0 Å². The number of hydrogen-bond donors (Lipinski definition) is 2. The van der Waals surface area contributed by atoms with Crippen molar-refractivity contribution in [3.05, 3.63) is 33.3 Å². The minimum absolute atomic E-state index is 0.219. The highest BCUT2D eigenvalue weighted by atomic mass is 79.9. The fourth-order valence-electron chi connectivity index (χ4n) is 4.04. The smallest absolute Gasteiger partial charge is 0.0473 e. The number of rotatable bonds is 4. The summed E-state index contributed by atoms with van der Waals surface area (Å²) in [5.74, 6) is 8.54. The lowest BCUT2D eigenvalue weighted by atomic mass is 9.83. The standard InChI is InChI=1S/C15H20BrClN2/c16-14-8-12(17)3-4-13(14)15(19-18)7-11-6-9-1-2-10(11)5-9/h3-4,8-11,15,19H,1-2,5-7,18H2. The molecule has 2 fully saturated rings. The minimum atomic E-state index is 0.219. The monoisotopic (exact) mass is 342 g/mol. The van der Waals surface area contributed by atoms with Gasteiger partial charge in [-0.25, -0.2) is 0 Å². The Morgan fingerprint density at radius 3 is 2.79 bits per heavy atom. The van der Waals surface area contributed by atoms with E-state index in [4.69, 9.17) is 17.4 Å². The molecule has 2 bridgehead atoms. The van der Waals surface area contributed by atoms with Crippen molar-refractivity contribution in [1.82, 2.24) is 5.43 Å². The van der Waals surface area contributed by atoms with Crippen LogP contribution in [0.2, 0.25) is 5.02 Å². The summed E-state index contributed by atoms with van der Waals surface area (Å²) in [6, 6.07) is 6.18. The van der Waals surface area contributed by atoms with Crippen LogP contribution < -0.4 is 11.3 Å². The maximum Gasteiger partial charge on any atom is 0.0473 e. The molecule has 2 saturated carbocycles. The number of hydrazine groups is 1. The molecule has 1 aromatic rings. The molecule has 0 amide bonds. The largest absolute Gasteiger partial charge is 0.271 e. The SMILES string of the molecule is NNC(CC1CC2CCC1C2)c1ccc(Cl)cc1Br. The highest BCUT2D eigenvalue weighted by molar-refractivity contribution is 9.10. The fourth-order valence-corrected chi connectivity index (χ4v) is 5.00. The molecule has 2 aliphatic carbocycles. The van der Waals surface area contributed by atoms with E-state index in [-0.39, 0.29) is 6.04 Å². The molecule has 2 aliphatic rings. The van der Waals surface area contributed by atoms with Crippen LogP contribution in [0.15, 0.2) is 22.7 Å². The molecule has 19 heavy (non-hydrogen) atoms. The summed E-state index contributed by atoms with van der Waals surface area (Å²) < 4.78 is 1.05. The van der Waals surface area contributed by atoms with E-state index in [2.05, 4.69) is 27.4 Å². The second kappa shape index (κ2) is 5.72. The molecule has 3 N–H and O–H groups in total. The summed E-state index contributed by atoms with van der Waals surface area (Å²) in [6.45, 7) is 0. The van der Waals surface area contributed by atoms with Gasteiger partial charge in [-0.1, -0.05) is 40.0 Å². The summed E-state index contributed by atoms with van der Waals surface area (Å²) in [5.41, 5.74) is 4.21. The highest BCUT2D eigenvalue weighted by Crippen LogP contribution is 2.51. The van der Waals surface area contributed by atoms with E-state index in [0.29, 0.717) is 0 Å². The molecule has 0 radical (unpaired) electrons. The molecule has 4 unspecified atom stereocenters. The van der Waals surface area contributed by atoms with Gasteiger partial charge in [0.05, 0.1) is 0 Å². The maximum atomic E-state index is 6.00. The van der Waals surface area contributed by atoms with Crippen LogP contribution in [-0.4, -0.2) is 0 Å². The predicted octanol–water partition coefficient (Wildman–Crippen LogP) is 4.43. The summed E-state index contributed by atoms with van der Waals surface area (Å²) in [4.78, 5) is 0. The number of fused-ring (bicyclic) bond motifs is 2. The Kier molecular flexibility index (Phi) is 4.18. The molecule has 4 heteroatoms. The van der Waals surface area contributed by atoms with Crippen molar-refractivity contribution in [2.24, 2.45) is 23.6 Å². The third-order valence-corrected chi connectivity index (χ3v) is 5.88. The van der Waals surface area contributed by atoms with E-state index in [1.165, 1.54) is 31.2 Å². The number of nitrogens with one attached hydrogen (secondary N) is 1. The van der Waals surface area contributed by atoms with E-state index in [0.717, 1.165) is 33.7 Å². The Morgan fingerprint density at radius 1 is 1.37 bits per heavy atom. The van der Waals surface area contributed by atoms with Crippen LogP contribution in [0.25, 0.3) is 0 Å². The third-order valence-electron chi connectivity index (χ3n) is 4.96. The van der Waals surface area contributed by atoms with Gasteiger partial charge in [0.25, 0.3) is 0 Å². The molecule has 0 aromatic heterocycles. The van der Waals surface area contributed by atoms with Crippen molar-refractivity contribution in [2.45, 2.75) is 38.1 Å². The van der Waals surface area contributed by atoms with Crippen LogP contribution in [0.1, 0.15) is 43.7 Å². The number of halogens is 2. The zero-order valence-electron chi connectivity index (χ0n) is 10.9. The van der Waals surface area contributed by atoms with Gasteiger partial charge < -0.3 is 0 Å². The first-order valence-electron chi connectivity index (χ1n) is 7.08. The van der Waals surface area contributed by atoms with Crippen molar-refractivity contribution in [3.8, 4) is 0 Å². The first-order valence-corrected chi connectivity index (χ1v) is 8.25. The first-order chi connectivity index (χ1) is 9.17. The molecule has 0 spiro atoms.